The molecule has 0 aliphatic carbocycles. The summed E-state index contributed by atoms with van der Waals surface area (Å²) in [6.07, 6.45) is 3.52. The summed E-state index contributed by atoms with van der Waals surface area (Å²) in [5.74, 6) is 1.68. The van der Waals surface area contributed by atoms with Crippen LogP contribution in [-0.2, 0) is 0 Å². The molecule has 8 nitrogen and oxygen atoms in total. The first-order valence-corrected chi connectivity index (χ1v) is 8.65. The predicted molar refractivity (Wildman–Crippen MR) is 90.1 cm³/mol. The Morgan fingerprint density at radius 3 is 2.71 bits per heavy atom. The van der Waals surface area contributed by atoms with Crippen molar-refractivity contribution in [1.82, 2.24) is 29.4 Å². The molecule has 2 aromatic heterocycles. The minimum absolute atomic E-state index is 0.203. The number of fused-ring (bicyclic) bond motifs is 1. The maximum absolute atomic E-state index is 12.4. The molecule has 0 spiro atoms. The number of carbonyl (C=O) groups excluding carboxylic acids is 1. The van der Waals surface area contributed by atoms with Gasteiger partial charge in [0.1, 0.15) is 12.1 Å². The molecule has 0 N–H and O–H groups in total. The van der Waals surface area contributed by atoms with Gasteiger partial charge in [-0.05, 0) is 26.7 Å². The first-order valence-electron chi connectivity index (χ1n) is 8.65. The largest absolute Gasteiger partial charge is 0.356 e. The molecule has 2 aliphatic heterocycles. The molecular formula is C16H23N7O. The molecule has 0 aromatic carbocycles. The molecule has 4 heterocycles. The number of likely N-dealkylation sites (N-methyl/N-ethyl adjacent to an activating group) is 1. The monoisotopic (exact) mass is 329 g/mol. The highest BCUT2D eigenvalue weighted by atomic mass is 16.2. The topological polar surface area (TPSA) is 69.9 Å². The summed E-state index contributed by atoms with van der Waals surface area (Å²) in [5, 5.41) is 4.29. The number of hydrogen-bond donors (Lipinski definition) is 0. The molecule has 2 aliphatic rings. The predicted octanol–water partition coefficient (Wildman–Crippen LogP) is 1.16. The summed E-state index contributed by atoms with van der Waals surface area (Å²) in [5.41, 5.74) is 0.945. The van der Waals surface area contributed by atoms with Gasteiger partial charge >= 0.3 is 6.03 Å². The number of aryl methyl sites for hydroxylation is 1. The molecule has 2 saturated heterocycles. The lowest BCUT2D eigenvalue weighted by molar-refractivity contribution is 0.169. The molecule has 0 bridgehead atoms. The fourth-order valence-electron chi connectivity index (χ4n) is 3.78. The van der Waals surface area contributed by atoms with Gasteiger partial charge in [0.2, 0.25) is 0 Å². The molecule has 24 heavy (non-hydrogen) atoms. The highest BCUT2D eigenvalue weighted by Gasteiger charge is 2.34. The highest BCUT2D eigenvalue weighted by molar-refractivity contribution is 5.76. The number of urea groups is 1. The van der Waals surface area contributed by atoms with Gasteiger partial charge in [-0.1, -0.05) is 0 Å². The molecular weight excluding hydrogens is 306 g/mol. The van der Waals surface area contributed by atoms with Gasteiger partial charge in [0.15, 0.2) is 0 Å². The van der Waals surface area contributed by atoms with Crippen molar-refractivity contribution >= 4 is 17.6 Å². The molecule has 2 fully saturated rings. The highest BCUT2D eigenvalue weighted by Crippen LogP contribution is 2.25. The van der Waals surface area contributed by atoms with Crippen molar-refractivity contribution in [3.8, 4) is 0 Å². The number of hydrogen-bond acceptors (Lipinski definition) is 5. The van der Waals surface area contributed by atoms with E-state index in [1.54, 1.807) is 10.8 Å². The molecule has 0 atom stereocenters. The first-order chi connectivity index (χ1) is 11.7. The molecule has 0 radical (unpaired) electrons. The van der Waals surface area contributed by atoms with Crippen LogP contribution in [0.2, 0.25) is 0 Å². The number of anilines is 1. The van der Waals surface area contributed by atoms with Crippen molar-refractivity contribution < 1.29 is 4.79 Å². The summed E-state index contributed by atoms with van der Waals surface area (Å²) < 4.78 is 1.80. The first kappa shape index (κ1) is 15.2. The van der Waals surface area contributed by atoms with Gasteiger partial charge in [-0.2, -0.15) is 14.6 Å². The Balaban J connectivity index is 1.48. The van der Waals surface area contributed by atoms with Crippen molar-refractivity contribution in [3.63, 3.8) is 0 Å². The Morgan fingerprint density at radius 1 is 1.21 bits per heavy atom. The summed E-state index contributed by atoms with van der Waals surface area (Å²) in [6, 6.07) is 2.61. The van der Waals surface area contributed by atoms with Gasteiger partial charge in [0.25, 0.3) is 5.78 Å². The number of rotatable bonds is 3. The lowest BCUT2D eigenvalue weighted by Gasteiger charge is -2.37. The van der Waals surface area contributed by atoms with Crippen LogP contribution in [0.5, 0.6) is 0 Å². The number of carbonyl (C=O) groups is 1. The molecule has 0 saturated carbocycles. The second kappa shape index (κ2) is 5.92. The van der Waals surface area contributed by atoms with Gasteiger partial charge in [0.05, 0.1) is 0 Å². The fraction of sp³-hybridized carbons (Fsp3) is 0.625. The van der Waals surface area contributed by atoms with Crippen molar-refractivity contribution in [2.75, 3.05) is 37.6 Å². The standard InChI is InChI=1S/C16H23N7O/c1-3-20-8-9-22(16(20)24)13-4-6-21(7-5-13)14-10-12(2)19-15-17-11-18-23(14)15/h10-11,13H,3-9H2,1-2H3. The van der Waals surface area contributed by atoms with Crippen LogP contribution in [0.4, 0.5) is 10.6 Å². The third-order valence-corrected chi connectivity index (χ3v) is 5.10. The van der Waals surface area contributed by atoms with Crippen molar-refractivity contribution in [2.24, 2.45) is 0 Å². The van der Waals surface area contributed by atoms with Gasteiger partial charge in [-0.3, -0.25) is 0 Å². The van der Waals surface area contributed by atoms with E-state index >= 15 is 0 Å². The second-order valence-corrected chi connectivity index (χ2v) is 6.50. The average Bonchev–Trinajstić information content (AvgIpc) is 3.20. The Hall–Kier alpha value is -2.38. The van der Waals surface area contributed by atoms with Crippen molar-refractivity contribution in [2.45, 2.75) is 32.7 Å². The lowest BCUT2D eigenvalue weighted by atomic mass is 10.0. The summed E-state index contributed by atoms with van der Waals surface area (Å²) in [4.78, 5) is 27.3. The second-order valence-electron chi connectivity index (χ2n) is 6.50. The Kier molecular flexibility index (Phi) is 3.74. The SMILES string of the molecule is CCN1CCN(C2CCN(c3cc(C)nc4ncnn34)CC2)C1=O. The average molecular weight is 329 g/mol. The third-order valence-electron chi connectivity index (χ3n) is 5.10. The van der Waals surface area contributed by atoms with E-state index in [1.165, 1.54) is 0 Å². The van der Waals surface area contributed by atoms with Crippen LogP contribution in [0, 0.1) is 6.92 Å². The van der Waals surface area contributed by atoms with E-state index in [9.17, 15) is 4.79 Å². The van der Waals surface area contributed by atoms with Crippen LogP contribution in [-0.4, -0.2) is 74.2 Å². The molecule has 4 rings (SSSR count). The molecule has 2 aromatic rings. The number of amides is 2. The number of aromatic nitrogens is 4. The van der Waals surface area contributed by atoms with Crippen LogP contribution in [0.3, 0.4) is 0 Å². The minimum atomic E-state index is 0.203. The molecule has 0 unspecified atom stereocenters. The number of piperidine rings is 1. The normalized spacial score (nSPS) is 19.8. The van der Waals surface area contributed by atoms with E-state index in [0.717, 1.165) is 57.1 Å². The number of nitrogens with zero attached hydrogens (tertiary/aromatic N) is 7. The van der Waals surface area contributed by atoms with E-state index < -0.39 is 0 Å². The Morgan fingerprint density at radius 2 is 2.00 bits per heavy atom. The summed E-state index contributed by atoms with van der Waals surface area (Å²) in [7, 11) is 0. The van der Waals surface area contributed by atoms with Crippen molar-refractivity contribution in [1.29, 1.82) is 0 Å². The lowest BCUT2D eigenvalue weighted by Crippen LogP contribution is -2.47. The summed E-state index contributed by atoms with van der Waals surface area (Å²) in [6.45, 7) is 8.37. The third kappa shape index (κ3) is 2.46. The zero-order valence-corrected chi connectivity index (χ0v) is 14.2. The zero-order valence-electron chi connectivity index (χ0n) is 14.2. The van der Waals surface area contributed by atoms with E-state index in [0.29, 0.717) is 11.8 Å². The van der Waals surface area contributed by atoms with Gasteiger partial charge in [-0.25, -0.2) is 9.78 Å². The van der Waals surface area contributed by atoms with E-state index in [4.69, 9.17) is 0 Å². The molecule has 2 amide bonds. The smallest absolute Gasteiger partial charge is 0.320 e. The van der Waals surface area contributed by atoms with Crippen LogP contribution in [0.15, 0.2) is 12.4 Å². The maximum atomic E-state index is 12.4. The Bertz CT molecular complexity index is 750. The van der Waals surface area contributed by atoms with Gasteiger partial charge in [-0.15, -0.1) is 0 Å². The van der Waals surface area contributed by atoms with Crippen molar-refractivity contribution in [3.05, 3.63) is 18.1 Å². The van der Waals surface area contributed by atoms with Gasteiger partial charge < -0.3 is 14.7 Å². The van der Waals surface area contributed by atoms with Crippen LogP contribution in [0.25, 0.3) is 5.78 Å². The van der Waals surface area contributed by atoms with Crippen LogP contribution in [0.1, 0.15) is 25.5 Å². The minimum Gasteiger partial charge on any atom is -0.356 e. The van der Waals surface area contributed by atoms with E-state index in [-0.39, 0.29) is 6.03 Å². The van der Waals surface area contributed by atoms with E-state index in [2.05, 4.69) is 30.9 Å². The quantitative estimate of drug-likeness (QED) is 0.845. The summed E-state index contributed by atoms with van der Waals surface area (Å²) >= 11 is 0. The van der Waals surface area contributed by atoms with Crippen LogP contribution >= 0.6 is 0 Å². The fourth-order valence-corrected chi connectivity index (χ4v) is 3.78. The molecule has 8 heteroatoms. The van der Waals surface area contributed by atoms with Gasteiger partial charge in [0, 0.05) is 50.5 Å². The molecule has 128 valence electrons. The van der Waals surface area contributed by atoms with Crippen LogP contribution < -0.4 is 4.90 Å². The maximum Gasteiger partial charge on any atom is 0.320 e. The van der Waals surface area contributed by atoms with E-state index in [1.807, 2.05) is 18.7 Å². The Labute approximate surface area is 141 Å². The zero-order chi connectivity index (χ0) is 16.7.